The third-order valence-electron chi connectivity index (χ3n) is 9.10. The molecule has 1 aromatic carbocycles. The molecule has 0 radical (unpaired) electrons. The molecule has 0 saturated carbocycles. The largest absolute Gasteiger partial charge is 0.394 e. The monoisotopic (exact) mass is 452 g/mol. The van der Waals surface area contributed by atoms with E-state index in [9.17, 15) is 10.0 Å². The predicted molar refractivity (Wildman–Crippen MR) is 136 cm³/mol. The third kappa shape index (κ3) is 3.54. The van der Waals surface area contributed by atoms with E-state index >= 15 is 0 Å². The van der Waals surface area contributed by atoms with Crippen molar-refractivity contribution in [2.75, 3.05) is 6.61 Å². The number of allylic oxidation sites excluding steroid dienone is 1. The highest BCUT2D eigenvalue weighted by Crippen LogP contribution is 2.53. The van der Waals surface area contributed by atoms with Gasteiger partial charge in [0.1, 0.15) is 10.9 Å². The van der Waals surface area contributed by atoms with Gasteiger partial charge in [-0.3, -0.25) is 0 Å². The summed E-state index contributed by atoms with van der Waals surface area (Å²) in [5, 5.41) is 11.3. The van der Waals surface area contributed by atoms with Crippen molar-refractivity contribution >= 4 is 10.9 Å². The molecular formula is C28H42N3O2+. The second-order valence-corrected chi connectivity index (χ2v) is 11.7. The van der Waals surface area contributed by atoms with Gasteiger partial charge in [-0.2, -0.15) is 0 Å². The summed E-state index contributed by atoms with van der Waals surface area (Å²) in [6, 6.07) is 1.88. The Kier molecular flexibility index (Phi) is 6.01. The first-order valence-electron chi connectivity index (χ1n) is 12.6. The summed E-state index contributed by atoms with van der Waals surface area (Å²) >= 11 is 0. The normalized spacial score (nSPS) is 32.3. The fraction of sp³-hybridized carbons (Fsp3) is 0.643. The maximum absolute atomic E-state index is 13.3. The molecule has 1 aliphatic heterocycles. The average molecular weight is 453 g/mol. The number of hydrazine groups is 1. The fourth-order valence-corrected chi connectivity index (χ4v) is 6.49. The number of nitrogens with zero attached hydrogens (tertiary/aromatic N) is 1. The highest BCUT2D eigenvalue weighted by Gasteiger charge is 2.46. The number of hydrogen-bond donors (Lipinski definition) is 3. The van der Waals surface area contributed by atoms with E-state index in [2.05, 4.69) is 83.8 Å². The Balaban J connectivity index is 2.11. The molecule has 180 valence electrons. The van der Waals surface area contributed by atoms with E-state index in [0.29, 0.717) is 12.3 Å². The molecule has 5 atom stereocenters. The van der Waals surface area contributed by atoms with Crippen LogP contribution in [0, 0.1) is 16.7 Å². The second-order valence-electron chi connectivity index (χ2n) is 11.7. The summed E-state index contributed by atoms with van der Waals surface area (Å²) in [6.07, 6.45) is 7.01. The number of rotatable bonds is 4. The third-order valence-corrected chi connectivity index (χ3v) is 9.10. The van der Waals surface area contributed by atoms with Gasteiger partial charge in [0.2, 0.25) is 6.04 Å². The van der Waals surface area contributed by atoms with Crippen molar-refractivity contribution in [2.45, 2.75) is 96.6 Å². The quantitative estimate of drug-likeness (QED) is 0.415. The highest BCUT2D eigenvalue weighted by molar-refractivity contribution is 5.92. The van der Waals surface area contributed by atoms with E-state index in [1.165, 1.54) is 33.2 Å². The van der Waals surface area contributed by atoms with Gasteiger partial charge in [0.25, 0.3) is 0 Å². The van der Waals surface area contributed by atoms with Crippen LogP contribution in [0.5, 0.6) is 0 Å². The zero-order valence-electron chi connectivity index (χ0n) is 21.5. The van der Waals surface area contributed by atoms with Crippen LogP contribution in [0.25, 0.3) is 10.9 Å². The highest BCUT2D eigenvalue weighted by atomic mass is 16.3. The zero-order chi connectivity index (χ0) is 24.3. The summed E-state index contributed by atoms with van der Waals surface area (Å²) < 4.78 is 0. The Morgan fingerprint density at radius 2 is 1.97 bits per heavy atom. The Hall–Kier alpha value is -2.14. The molecule has 2 aromatic rings. The van der Waals surface area contributed by atoms with E-state index in [0.717, 1.165) is 17.7 Å². The topological polar surface area (TPSA) is 68.1 Å². The number of nitrogens with one attached hydrogen (secondary N) is 2. The minimum Gasteiger partial charge on any atom is -0.394 e. The second kappa shape index (κ2) is 8.26. The number of aromatic amines is 1. The van der Waals surface area contributed by atoms with Crippen molar-refractivity contribution in [3.63, 3.8) is 0 Å². The molecule has 2 aliphatic rings. The van der Waals surface area contributed by atoms with Crippen LogP contribution in [0.3, 0.4) is 0 Å². The summed E-state index contributed by atoms with van der Waals surface area (Å²) in [7, 11) is 0. The molecule has 5 nitrogen and oxygen atoms in total. The number of hydrogen-bond acceptors (Lipinski definition) is 2. The Morgan fingerprint density at radius 3 is 2.55 bits per heavy atom. The number of nitroso groups, excluding NO2 is 1. The number of benzene rings is 1. The molecule has 1 aromatic heterocycles. The molecule has 0 amide bonds. The molecule has 4 rings (SSSR count). The Labute approximate surface area is 198 Å². The lowest BCUT2D eigenvalue weighted by molar-refractivity contribution is -0.655. The molecule has 2 heterocycles. The predicted octanol–water partition coefficient (Wildman–Crippen LogP) is 5.65. The molecule has 33 heavy (non-hydrogen) atoms. The Bertz CT molecular complexity index is 1080. The van der Waals surface area contributed by atoms with Crippen LogP contribution in [-0.2, 0) is 17.3 Å². The maximum Gasteiger partial charge on any atom is 0.243 e. The minimum absolute atomic E-state index is 0.0307. The van der Waals surface area contributed by atoms with Crippen molar-refractivity contribution in [3.05, 3.63) is 52.1 Å². The van der Waals surface area contributed by atoms with Crippen LogP contribution < -0.4 is 5.43 Å². The van der Waals surface area contributed by atoms with E-state index < -0.39 is 0 Å². The molecule has 5 heteroatoms. The van der Waals surface area contributed by atoms with Crippen LogP contribution in [0.15, 0.2) is 24.9 Å². The van der Waals surface area contributed by atoms with Gasteiger partial charge in [-0.1, -0.05) is 60.6 Å². The SMILES string of the molecule is C=CC1(C)CCC(C)(C(C)C)c2cc3c4c(c[nH]c4c21)CC(CO)N[N+](=O)C(C(C)C)C3C. The average Bonchev–Trinajstić information content (AvgIpc) is 3.18. The molecule has 5 unspecified atom stereocenters. The molecule has 0 saturated heterocycles. The van der Waals surface area contributed by atoms with E-state index in [1.54, 1.807) is 0 Å². The number of fused-ring (bicyclic) bond motifs is 2. The lowest BCUT2D eigenvalue weighted by Gasteiger charge is -2.47. The van der Waals surface area contributed by atoms with Gasteiger partial charge in [0.15, 0.2) is 0 Å². The number of aromatic nitrogens is 1. The molecule has 3 N–H and O–H groups in total. The van der Waals surface area contributed by atoms with Crippen LogP contribution in [0.1, 0.15) is 89.5 Å². The van der Waals surface area contributed by atoms with Crippen molar-refractivity contribution in [2.24, 2.45) is 11.8 Å². The van der Waals surface area contributed by atoms with E-state index in [-0.39, 0.29) is 41.4 Å². The summed E-state index contributed by atoms with van der Waals surface area (Å²) in [5.74, 6) is 0.683. The summed E-state index contributed by atoms with van der Waals surface area (Å²) in [6.45, 7) is 20.0. The van der Waals surface area contributed by atoms with Crippen molar-refractivity contribution < 1.29 is 9.98 Å². The number of aliphatic hydroxyl groups is 1. The van der Waals surface area contributed by atoms with Gasteiger partial charge in [-0.25, -0.2) is 0 Å². The smallest absolute Gasteiger partial charge is 0.243 e. The lowest BCUT2D eigenvalue weighted by Crippen LogP contribution is -2.48. The molecule has 0 spiro atoms. The fourth-order valence-electron chi connectivity index (χ4n) is 6.49. The zero-order valence-corrected chi connectivity index (χ0v) is 21.5. The van der Waals surface area contributed by atoms with Gasteiger partial charge < -0.3 is 10.1 Å². The van der Waals surface area contributed by atoms with Gasteiger partial charge in [0, 0.05) is 29.3 Å². The van der Waals surface area contributed by atoms with E-state index in [1.807, 2.05) is 0 Å². The van der Waals surface area contributed by atoms with Gasteiger partial charge >= 0.3 is 0 Å². The van der Waals surface area contributed by atoms with Crippen molar-refractivity contribution in [1.82, 2.24) is 10.4 Å². The number of aliphatic hydroxyl groups excluding tert-OH is 1. The first kappa shape index (κ1) is 24.0. The summed E-state index contributed by atoms with van der Waals surface area (Å²) in [4.78, 5) is 18.0. The van der Waals surface area contributed by atoms with Crippen LogP contribution >= 0.6 is 0 Å². The maximum atomic E-state index is 13.3. The molecular weight excluding hydrogens is 410 g/mol. The number of H-pyrrole nitrogens is 1. The van der Waals surface area contributed by atoms with Gasteiger partial charge in [-0.15, -0.1) is 12.0 Å². The van der Waals surface area contributed by atoms with Gasteiger partial charge in [-0.05, 0) is 46.4 Å². The molecule has 0 fully saturated rings. The van der Waals surface area contributed by atoms with Crippen molar-refractivity contribution in [3.8, 4) is 0 Å². The van der Waals surface area contributed by atoms with Crippen molar-refractivity contribution in [1.29, 1.82) is 0 Å². The van der Waals surface area contributed by atoms with E-state index in [4.69, 9.17) is 0 Å². The Morgan fingerprint density at radius 1 is 1.27 bits per heavy atom. The molecule has 1 aliphatic carbocycles. The minimum atomic E-state index is -0.316. The first-order chi connectivity index (χ1) is 15.5. The van der Waals surface area contributed by atoms with Gasteiger partial charge in [0.05, 0.1) is 22.9 Å². The molecule has 0 bridgehead atoms. The summed E-state index contributed by atoms with van der Waals surface area (Å²) in [5.41, 5.74) is 9.40. The van der Waals surface area contributed by atoms with Crippen LogP contribution in [0.4, 0.5) is 0 Å². The first-order valence-corrected chi connectivity index (χ1v) is 12.6. The van der Waals surface area contributed by atoms with Crippen LogP contribution in [-0.4, -0.2) is 33.7 Å². The lowest BCUT2D eigenvalue weighted by atomic mass is 9.57. The standard InChI is InChI=1S/C28H42N3O2/c1-9-27(7)10-11-28(8,17(4)5)22-13-21-18(6)26(16(2)3)31(33)30-20(15-32)12-19-14-29-25(23(19)21)24(22)27/h9,13-14,16-18,20,26,29,32H,1,10-12,15H2,2-8H3,(H,30,33)/q+1. The van der Waals surface area contributed by atoms with Crippen LogP contribution in [0.2, 0.25) is 0 Å².